The van der Waals surface area contributed by atoms with E-state index in [0.717, 1.165) is 96.3 Å². The summed E-state index contributed by atoms with van der Waals surface area (Å²) in [4.78, 5) is 37.9. The fourth-order valence-corrected chi connectivity index (χ4v) is 7.14. The van der Waals surface area contributed by atoms with Gasteiger partial charge in [-0.25, -0.2) is 0 Å². The molecule has 61 heavy (non-hydrogen) atoms. The molecule has 0 aromatic carbocycles. The minimum Gasteiger partial charge on any atom is -0.462 e. The molecule has 0 bridgehead atoms. The molecule has 0 heterocycles. The first-order valence-corrected chi connectivity index (χ1v) is 25.8. The van der Waals surface area contributed by atoms with Crippen LogP contribution in [0, 0.1) is 0 Å². The highest BCUT2D eigenvalue weighted by Gasteiger charge is 2.19. The number of ether oxygens (including phenoxy) is 3. The number of allylic oxidation sites excluding steroid dienone is 10. The van der Waals surface area contributed by atoms with E-state index in [4.69, 9.17) is 14.2 Å². The molecule has 0 aliphatic carbocycles. The lowest BCUT2D eigenvalue weighted by Gasteiger charge is -2.18. The highest BCUT2D eigenvalue weighted by atomic mass is 16.6. The Morgan fingerprint density at radius 1 is 0.344 bits per heavy atom. The molecule has 0 rings (SSSR count). The molecule has 0 aliphatic heterocycles. The zero-order valence-corrected chi connectivity index (χ0v) is 40.2. The lowest BCUT2D eigenvalue weighted by atomic mass is 10.1. The first kappa shape index (κ1) is 58.1. The summed E-state index contributed by atoms with van der Waals surface area (Å²) in [5.74, 6) is -0.928. The van der Waals surface area contributed by atoms with Crippen LogP contribution in [0.15, 0.2) is 60.8 Å². The molecule has 0 radical (unpaired) electrons. The second-order valence-corrected chi connectivity index (χ2v) is 17.1. The average Bonchev–Trinajstić information content (AvgIpc) is 3.26. The Hall–Kier alpha value is -2.89. The van der Waals surface area contributed by atoms with E-state index in [1.807, 2.05) is 0 Å². The molecular weight excluding hydrogens is 757 g/mol. The molecular formula is C55H96O6. The summed E-state index contributed by atoms with van der Waals surface area (Å²) in [5.41, 5.74) is 0. The van der Waals surface area contributed by atoms with Gasteiger partial charge in [-0.05, 0) is 89.9 Å². The Balaban J connectivity index is 4.40. The maximum atomic E-state index is 12.8. The van der Waals surface area contributed by atoms with Crippen LogP contribution in [0.3, 0.4) is 0 Å². The Morgan fingerprint density at radius 3 is 1.05 bits per heavy atom. The molecule has 0 saturated carbocycles. The van der Waals surface area contributed by atoms with Crippen LogP contribution >= 0.6 is 0 Å². The lowest BCUT2D eigenvalue weighted by molar-refractivity contribution is -0.167. The second-order valence-electron chi connectivity index (χ2n) is 17.1. The molecule has 0 saturated heterocycles. The summed E-state index contributed by atoms with van der Waals surface area (Å²) in [6.07, 6.45) is 60.6. The van der Waals surface area contributed by atoms with Crippen LogP contribution in [0.5, 0.6) is 0 Å². The number of esters is 3. The highest BCUT2D eigenvalue weighted by Crippen LogP contribution is 2.14. The summed E-state index contributed by atoms with van der Waals surface area (Å²) in [7, 11) is 0. The molecule has 6 nitrogen and oxygen atoms in total. The Labute approximate surface area is 377 Å². The molecule has 1 unspecified atom stereocenters. The van der Waals surface area contributed by atoms with Crippen molar-refractivity contribution in [3.05, 3.63) is 60.8 Å². The van der Waals surface area contributed by atoms with E-state index in [-0.39, 0.29) is 31.1 Å². The van der Waals surface area contributed by atoms with Crippen LogP contribution < -0.4 is 0 Å². The molecule has 352 valence electrons. The third-order valence-electron chi connectivity index (χ3n) is 11.0. The average molecular weight is 853 g/mol. The Morgan fingerprint density at radius 2 is 0.656 bits per heavy atom. The van der Waals surface area contributed by atoms with Crippen molar-refractivity contribution in [2.75, 3.05) is 13.2 Å². The fraction of sp³-hybridized carbons (Fsp3) is 0.764. The summed E-state index contributed by atoms with van der Waals surface area (Å²) in [6.45, 7) is 6.46. The van der Waals surface area contributed by atoms with Gasteiger partial charge in [0.2, 0.25) is 0 Å². The summed E-state index contributed by atoms with van der Waals surface area (Å²) in [5, 5.41) is 0. The van der Waals surface area contributed by atoms with Gasteiger partial charge in [-0.15, -0.1) is 0 Å². The van der Waals surface area contributed by atoms with Crippen LogP contribution in [0.4, 0.5) is 0 Å². The number of hydrogen-bond donors (Lipinski definition) is 0. The fourth-order valence-electron chi connectivity index (χ4n) is 7.14. The van der Waals surface area contributed by atoms with E-state index in [9.17, 15) is 14.4 Å². The van der Waals surface area contributed by atoms with Crippen LogP contribution in [-0.2, 0) is 28.6 Å². The van der Waals surface area contributed by atoms with Crippen molar-refractivity contribution in [2.24, 2.45) is 0 Å². The van der Waals surface area contributed by atoms with E-state index in [2.05, 4.69) is 81.5 Å². The van der Waals surface area contributed by atoms with E-state index in [1.54, 1.807) is 0 Å². The number of carbonyl (C=O) groups is 3. The zero-order valence-electron chi connectivity index (χ0n) is 40.2. The summed E-state index contributed by atoms with van der Waals surface area (Å²) in [6, 6.07) is 0. The van der Waals surface area contributed by atoms with Gasteiger partial charge in [0.05, 0.1) is 0 Å². The third-order valence-corrected chi connectivity index (χ3v) is 11.0. The topological polar surface area (TPSA) is 78.9 Å². The number of rotatable bonds is 46. The molecule has 6 heteroatoms. The van der Waals surface area contributed by atoms with Crippen molar-refractivity contribution >= 4 is 17.9 Å². The molecule has 0 fully saturated rings. The van der Waals surface area contributed by atoms with Gasteiger partial charge in [-0.2, -0.15) is 0 Å². The van der Waals surface area contributed by atoms with Gasteiger partial charge in [0, 0.05) is 19.3 Å². The standard InChI is InChI=1S/C55H96O6/c1-4-7-10-13-16-19-22-25-26-27-28-31-33-36-39-42-45-48-54(57)60-51-52(61-55(58)49-46-43-40-37-34-30-24-21-18-15-12-9-6-3)50-59-53(56)47-44-41-38-35-32-29-23-20-17-14-11-8-5-2/h9,12,15,18,21,24-26,29,32,52H,4-8,10-11,13-14,16-17,19-20,22-23,27-28,30-31,33-51H2,1-3H3/b12-9+,18-15+,24-21+,26-25+,32-29+. The maximum absolute atomic E-state index is 12.8. The Bertz CT molecular complexity index is 1120. The monoisotopic (exact) mass is 853 g/mol. The van der Waals surface area contributed by atoms with E-state index >= 15 is 0 Å². The minimum atomic E-state index is -0.791. The van der Waals surface area contributed by atoms with Crippen molar-refractivity contribution in [2.45, 2.75) is 258 Å². The van der Waals surface area contributed by atoms with Gasteiger partial charge < -0.3 is 14.2 Å². The number of carbonyl (C=O) groups excluding carboxylic acids is 3. The second kappa shape index (κ2) is 49.8. The first-order chi connectivity index (χ1) is 30.0. The third kappa shape index (κ3) is 48.0. The number of hydrogen-bond acceptors (Lipinski definition) is 6. The maximum Gasteiger partial charge on any atom is 0.306 e. The molecule has 0 spiro atoms. The van der Waals surface area contributed by atoms with Crippen molar-refractivity contribution in [3.8, 4) is 0 Å². The highest BCUT2D eigenvalue weighted by molar-refractivity contribution is 5.71. The molecule has 0 aliphatic rings. The van der Waals surface area contributed by atoms with Gasteiger partial charge in [-0.1, -0.05) is 204 Å². The molecule has 0 N–H and O–H groups in total. The van der Waals surface area contributed by atoms with Crippen LogP contribution in [0.25, 0.3) is 0 Å². The summed E-state index contributed by atoms with van der Waals surface area (Å²) < 4.78 is 16.8. The van der Waals surface area contributed by atoms with Crippen LogP contribution in [-0.4, -0.2) is 37.2 Å². The molecule has 0 amide bonds. The van der Waals surface area contributed by atoms with Gasteiger partial charge in [0.25, 0.3) is 0 Å². The minimum absolute atomic E-state index is 0.0894. The molecule has 0 aromatic rings. The van der Waals surface area contributed by atoms with Crippen molar-refractivity contribution < 1.29 is 28.6 Å². The number of unbranched alkanes of at least 4 members (excludes halogenated alkanes) is 27. The van der Waals surface area contributed by atoms with E-state index < -0.39 is 6.10 Å². The summed E-state index contributed by atoms with van der Waals surface area (Å²) >= 11 is 0. The van der Waals surface area contributed by atoms with Gasteiger partial charge >= 0.3 is 17.9 Å². The Kier molecular flexibility index (Phi) is 47.4. The van der Waals surface area contributed by atoms with Crippen LogP contribution in [0.1, 0.15) is 252 Å². The quantitative estimate of drug-likeness (QED) is 0.0200. The molecule has 0 aromatic heterocycles. The van der Waals surface area contributed by atoms with E-state index in [0.29, 0.717) is 19.3 Å². The van der Waals surface area contributed by atoms with Gasteiger partial charge in [-0.3, -0.25) is 14.4 Å². The van der Waals surface area contributed by atoms with Crippen molar-refractivity contribution in [1.29, 1.82) is 0 Å². The first-order valence-electron chi connectivity index (χ1n) is 25.8. The smallest absolute Gasteiger partial charge is 0.306 e. The largest absolute Gasteiger partial charge is 0.462 e. The van der Waals surface area contributed by atoms with Crippen LogP contribution in [0.2, 0.25) is 0 Å². The zero-order chi connectivity index (χ0) is 44.4. The van der Waals surface area contributed by atoms with Crippen molar-refractivity contribution in [3.63, 3.8) is 0 Å². The SMILES string of the molecule is CC/C=C/C=C/C=C/CCCCCCCC(=O)OC(COC(=O)CCCCC/C=C/CCCCCCCC)COC(=O)CCCCCCCCC/C=C/CCCCCCCC. The lowest BCUT2D eigenvalue weighted by Crippen LogP contribution is -2.30. The normalized spacial score (nSPS) is 12.5. The predicted octanol–water partition coefficient (Wildman–Crippen LogP) is 16.9. The van der Waals surface area contributed by atoms with Crippen molar-refractivity contribution in [1.82, 2.24) is 0 Å². The van der Waals surface area contributed by atoms with E-state index in [1.165, 1.54) is 116 Å². The van der Waals surface area contributed by atoms with Gasteiger partial charge in [0.15, 0.2) is 6.10 Å². The van der Waals surface area contributed by atoms with Gasteiger partial charge in [0.1, 0.15) is 13.2 Å². The molecule has 1 atom stereocenters. The predicted molar refractivity (Wildman–Crippen MR) is 261 cm³/mol.